The molecule has 0 aromatic carbocycles. The minimum atomic E-state index is 0.613. The molecule has 0 N–H and O–H groups in total. The van der Waals surface area contributed by atoms with Crippen molar-refractivity contribution in [1.29, 1.82) is 0 Å². The average molecular weight is 127 g/mol. The molecule has 0 amide bonds. The first-order valence-electron chi connectivity index (χ1n) is 2.56. The van der Waals surface area contributed by atoms with Crippen molar-refractivity contribution in [3.8, 4) is 0 Å². The highest BCUT2D eigenvalue weighted by Gasteiger charge is 1.89. The van der Waals surface area contributed by atoms with Crippen LogP contribution in [0.15, 0.2) is 0 Å². The molecule has 5 nitrogen and oxygen atoms in total. The molecule has 0 aliphatic carbocycles. The summed E-state index contributed by atoms with van der Waals surface area (Å²) in [4.78, 5) is 0. The largest absolute Gasteiger partial charge is 0.383 e. The molecule has 5 heteroatoms. The standard InChI is InChI=1S/C4H7N4O/c1-9-3-2-8-4-5-6-7-8/h2-3H2,1H3. The molecular formula is C4H7N4O. The Morgan fingerprint density at radius 3 is 3.11 bits per heavy atom. The van der Waals surface area contributed by atoms with E-state index in [1.54, 1.807) is 7.11 Å². The van der Waals surface area contributed by atoms with Gasteiger partial charge >= 0.3 is 0 Å². The Morgan fingerprint density at radius 2 is 2.56 bits per heavy atom. The Kier molecular flexibility index (Phi) is 2.14. The molecule has 0 aliphatic heterocycles. The summed E-state index contributed by atoms with van der Waals surface area (Å²) in [6.07, 6.45) is 2.54. The number of hydrogen-bond acceptors (Lipinski definition) is 4. The maximum atomic E-state index is 4.78. The van der Waals surface area contributed by atoms with Crippen molar-refractivity contribution < 1.29 is 4.74 Å². The molecule has 0 aliphatic rings. The molecule has 0 unspecified atom stereocenters. The highest BCUT2D eigenvalue weighted by molar-refractivity contribution is 4.41. The van der Waals surface area contributed by atoms with Gasteiger partial charge in [-0.05, 0) is 10.4 Å². The van der Waals surface area contributed by atoms with Gasteiger partial charge in [0, 0.05) is 7.11 Å². The van der Waals surface area contributed by atoms with Crippen LogP contribution < -0.4 is 0 Å². The molecule has 1 heterocycles. The fourth-order valence-corrected chi connectivity index (χ4v) is 0.432. The van der Waals surface area contributed by atoms with Gasteiger partial charge in [0.2, 0.25) is 6.33 Å². The molecule has 0 saturated heterocycles. The van der Waals surface area contributed by atoms with E-state index in [4.69, 9.17) is 4.74 Å². The summed E-state index contributed by atoms with van der Waals surface area (Å²) in [7, 11) is 1.63. The Hall–Kier alpha value is -0.970. The average Bonchev–Trinajstić information content (AvgIpc) is 2.34. The topological polar surface area (TPSA) is 52.8 Å². The van der Waals surface area contributed by atoms with E-state index in [-0.39, 0.29) is 0 Å². The second-order valence-corrected chi connectivity index (χ2v) is 1.49. The van der Waals surface area contributed by atoms with Gasteiger partial charge in [0.15, 0.2) is 0 Å². The predicted molar refractivity (Wildman–Crippen MR) is 28.5 cm³/mol. The first-order chi connectivity index (χ1) is 4.43. The van der Waals surface area contributed by atoms with Crippen LogP contribution in [0.25, 0.3) is 0 Å². The van der Waals surface area contributed by atoms with Gasteiger partial charge in [0.1, 0.15) is 0 Å². The predicted octanol–water partition coefficient (Wildman–Crippen LogP) is -0.880. The molecule has 1 rings (SSSR count). The quantitative estimate of drug-likeness (QED) is 0.529. The second-order valence-electron chi connectivity index (χ2n) is 1.49. The maximum absolute atomic E-state index is 4.78. The van der Waals surface area contributed by atoms with Crippen LogP contribution in [0, 0.1) is 6.33 Å². The zero-order valence-corrected chi connectivity index (χ0v) is 5.11. The highest BCUT2D eigenvalue weighted by atomic mass is 16.5. The molecule has 0 atom stereocenters. The van der Waals surface area contributed by atoms with Crippen molar-refractivity contribution in [2.45, 2.75) is 6.54 Å². The second kappa shape index (κ2) is 3.13. The number of ether oxygens (including phenoxy) is 1. The molecular weight excluding hydrogens is 120 g/mol. The lowest BCUT2D eigenvalue weighted by Crippen LogP contribution is -2.04. The Balaban J connectivity index is 2.30. The summed E-state index contributed by atoms with van der Waals surface area (Å²) in [5.41, 5.74) is 0. The number of rotatable bonds is 3. The monoisotopic (exact) mass is 127 g/mol. The van der Waals surface area contributed by atoms with Crippen molar-refractivity contribution in [3.05, 3.63) is 6.33 Å². The van der Waals surface area contributed by atoms with E-state index in [2.05, 4.69) is 21.9 Å². The van der Waals surface area contributed by atoms with Crippen molar-refractivity contribution >= 4 is 0 Å². The molecule has 1 aromatic heterocycles. The van der Waals surface area contributed by atoms with Gasteiger partial charge in [-0.2, -0.15) is 0 Å². The first-order valence-corrected chi connectivity index (χ1v) is 2.56. The normalized spacial score (nSPS) is 9.89. The minimum Gasteiger partial charge on any atom is -0.383 e. The SMILES string of the molecule is COCCn1[c]nnn1. The van der Waals surface area contributed by atoms with E-state index in [0.29, 0.717) is 13.2 Å². The zero-order chi connectivity index (χ0) is 6.53. The van der Waals surface area contributed by atoms with Crippen LogP contribution >= 0.6 is 0 Å². The van der Waals surface area contributed by atoms with Gasteiger partial charge in [-0.1, -0.05) is 0 Å². The number of aromatic nitrogens is 4. The number of methoxy groups -OCH3 is 1. The molecule has 1 aromatic rings. The minimum absolute atomic E-state index is 0.613. The molecule has 9 heavy (non-hydrogen) atoms. The number of hydrogen-bond donors (Lipinski definition) is 0. The third-order valence-corrected chi connectivity index (χ3v) is 0.860. The molecule has 0 spiro atoms. The third-order valence-electron chi connectivity index (χ3n) is 0.860. The Morgan fingerprint density at radius 1 is 1.67 bits per heavy atom. The zero-order valence-electron chi connectivity index (χ0n) is 5.11. The van der Waals surface area contributed by atoms with Crippen molar-refractivity contribution in [1.82, 2.24) is 20.2 Å². The van der Waals surface area contributed by atoms with E-state index in [1.165, 1.54) is 4.68 Å². The van der Waals surface area contributed by atoms with Crippen molar-refractivity contribution in [2.24, 2.45) is 0 Å². The van der Waals surface area contributed by atoms with Crippen LogP contribution in [0.2, 0.25) is 0 Å². The number of nitrogens with zero attached hydrogens (tertiary/aromatic N) is 4. The highest BCUT2D eigenvalue weighted by Crippen LogP contribution is 1.75. The van der Waals surface area contributed by atoms with Crippen LogP contribution in [-0.2, 0) is 11.3 Å². The fraction of sp³-hybridized carbons (Fsp3) is 0.750. The smallest absolute Gasteiger partial charge is 0.221 e. The molecule has 0 fully saturated rings. The lowest BCUT2D eigenvalue weighted by atomic mass is 10.7. The molecule has 1 radical (unpaired) electrons. The van der Waals surface area contributed by atoms with Gasteiger partial charge in [0.05, 0.1) is 13.2 Å². The lowest BCUT2D eigenvalue weighted by Gasteiger charge is -1.93. The Bertz CT molecular complexity index is 150. The maximum Gasteiger partial charge on any atom is 0.221 e. The van der Waals surface area contributed by atoms with Crippen LogP contribution in [0.1, 0.15) is 0 Å². The van der Waals surface area contributed by atoms with Crippen LogP contribution in [0.5, 0.6) is 0 Å². The molecule has 0 bridgehead atoms. The van der Waals surface area contributed by atoms with Crippen LogP contribution in [-0.4, -0.2) is 33.9 Å². The summed E-state index contributed by atoms with van der Waals surface area (Å²) in [6.45, 7) is 1.27. The first kappa shape index (κ1) is 6.15. The third kappa shape index (κ3) is 1.77. The Labute approximate surface area is 52.6 Å². The number of tetrazole rings is 1. The van der Waals surface area contributed by atoms with Crippen LogP contribution in [0.3, 0.4) is 0 Å². The summed E-state index contributed by atoms with van der Waals surface area (Å²) >= 11 is 0. The fourth-order valence-electron chi connectivity index (χ4n) is 0.432. The van der Waals surface area contributed by atoms with Gasteiger partial charge < -0.3 is 4.74 Å². The summed E-state index contributed by atoms with van der Waals surface area (Å²) in [5, 5.41) is 10.3. The van der Waals surface area contributed by atoms with E-state index >= 15 is 0 Å². The van der Waals surface area contributed by atoms with E-state index in [9.17, 15) is 0 Å². The van der Waals surface area contributed by atoms with Crippen LogP contribution in [0.4, 0.5) is 0 Å². The van der Waals surface area contributed by atoms with Gasteiger partial charge in [-0.15, -0.1) is 5.10 Å². The van der Waals surface area contributed by atoms with E-state index < -0.39 is 0 Å². The molecule has 49 valence electrons. The van der Waals surface area contributed by atoms with Crippen molar-refractivity contribution in [2.75, 3.05) is 13.7 Å². The lowest BCUT2D eigenvalue weighted by molar-refractivity contribution is 0.182. The van der Waals surface area contributed by atoms with Gasteiger partial charge in [0.25, 0.3) is 0 Å². The van der Waals surface area contributed by atoms with Gasteiger partial charge in [-0.25, -0.2) is 4.68 Å². The van der Waals surface area contributed by atoms with E-state index in [1.807, 2.05) is 0 Å². The van der Waals surface area contributed by atoms with Crippen molar-refractivity contribution in [3.63, 3.8) is 0 Å². The summed E-state index contributed by atoms with van der Waals surface area (Å²) in [5.74, 6) is 0. The molecule has 0 saturated carbocycles. The summed E-state index contributed by atoms with van der Waals surface area (Å²) < 4.78 is 6.27. The van der Waals surface area contributed by atoms with Gasteiger partial charge in [-0.3, -0.25) is 0 Å². The summed E-state index contributed by atoms with van der Waals surface area (Å²) in [6, 6.07) is 0. The van der Waals surface area contributed by atoms with E-state index in [0.717, 1.165) is 0 Å².